The van der Waals surface area contributed by atoms with Crippen molar-refractivity contribution < 1.29 is 8.81 Å². The van der Waals surface area contributed by atoms with Gasteiger partial charge in [0.2, 0.25) is 5.89 Å². The average molecular weight is 322 g/mol. The zero-order valence-corrected chi connectivity index (χ0v) is 13.4. The number of nitrogens with one attached hydrogen (secondary N) is 1. The quantitative estimate of drug-likeness (QED) is 0.919. The predicted molar refractivity (Wildman–Crippen MR) is 92.9 cm³/mol. The summed E-state index contributed by atoms with van der Waals surface area (Å²) in [4.78, 5) is 4.69. The Morgan fingerprint density at radius 1 is 1.38 bits per heavy atom. The maximum atomic E-state index is 13.5. The van der Waals surface area contributed by atoms with Gasteiger partial charge in [-0.3, -0.25) is 0 Å². The Morgan fingerprint density at radius 2 is 2.29 bits per heavy atom. The van der Waals surface area contributed by atoms with Gasteiger partial charge in [0.05, 0.1) is 11.4 Å². The molecule has 0 saturated heterocycles. The van der Waals surface area contributed by atoms with Crippen LogP contribution in [0.1, 0.15) is 40.8 Å². The van der Waals surface area contributed by atoms with Crippen LogP contribution in [0, 0.1) is 5.82 Å². The molecule has 2 aliphatic rings. The number of rotatable bonds is 3. The van der Waals surface area contributed by atoms with Gasteiger partial charge in [0, 0.05) is 19.4 Å². The Kier molecular flexibility index (Phi) is 3.81. The number of allylic oxidation sites excluding steroid dienone is 2. The topological polar surface area (TPSA) is 38.1 Å². The molecule has 1 atom stereocenters. The molecule has 4 heteroatoms. The van der Waals surface area contributed by atoms with Gasteiger partial charge >= 0.3 is 0 Å². The highest BCUT2D eigenvalue weighted by atomic mass is 19.1. The Morgan fingerprint density at radius 3 is 3.08 bits per heavy atom. The molecule has 3 nitrogen and oxygen atoms in total. The van der Waals surface area contributed by atoms with Crippen LogP contribution in [0.2, 0.25) is 0 Å². The Labute approximate surface area is 140 Å². The number of aromatic nitrogens is 1. The first-order valence-corrected chi connectivity index (χ1v) is 8.26. The van der Waals surface area contributed by atoms with E-state index in [0.717, 1.165) is 54.1 Å². The lowest BCUT2D eigenvalue weighted by Crippen LogP contribution is -2.14. The molecule has 0 fully saturated rings. The van der Waals surface area contributed by atoms with Crippen LogP contribution in [-0.4, -0.2) is 11.5 Å². The first-order chi connectivity index (χ1) is 11.7. The number of fused-ring (bicyclic) bond motifs is 1. The number of dihydropyridines is 1. The largest absolute Gasteiger partial charge is 0.440 e. The van der Waals surface area contributed by atoms with E-state index in [1.807, 2.05) is 24.3 Å². The molecule has 0 bridgehead atoms. The Hall–Kier alpha value is -2.62. The first-order valence-electron chi connectivity index (χ1n) is 8.26. The monoisotopic (exact) mass is 322 g/mol. The summed E-state index contributed by atoms with van der Waals surface area (Å²) in [7, 11) is 0. The minimum absolute atomic E-state index is 0.225. The van der Waals surface area contributed by atoms with E-state index in [-0.39, 0.29) is 5.82 Å². The number of aryl methyl sites for hydroxylation is 1. The molecule has 2 aromatic rings. The van der Waals surface area contributed by atoms with E-state index in [2.05, 4.69) is 11.9 Å². The van der Waals surface area contributed by atoms with Crippen molar-refractivity contribution in [3.8, 4) is 0 Å². The molecule has 0 saturated carbocycles. The van der Waals surface area contributed by atoms with Crippen molar-refractivity contribution in [2.24, 2.45) is 0 Å². The zero-order valence-electron chi connectivity index (χ0n) is 13.4. The van der Waals surface area contributed by atoms with E-state index in [0.29, 0.717) is 11.8 Å². The Balaban J connectivity index is 1.62. The molecule has 1 aromatic heterocycles. The second-order valence-electron chi connectivity index (χ2n) is 6.20. The van der Waals surface area contributed by atoms with Crippen molar-refractivity contribution in [2.45, 2.75) is 25.2 Å². The molecule has 0 unspecified atom stereocenters. The van der Waals surface area contributed by atoms with Crippen molar-refractivity contribution in [2.75, 3.05) is 6.54 Å². The molecule has 24 heavy (non-hydrogen) atoms. The summed E-state index contributed by atoms with van der Waals surface area (Å²) in [5, 5.41) is 3.28. The fraction of sp³-hybridized carbons (Fsp3) is 0.250. The summed E-state index contributed by atoms with van der Waals surface area (Å²) in [5.41, 5.74) is 3.95. The van der Waals surface area contributed by atoms with Crippen LogP contribution in [-0.2, 0) is 12.8 Å². The molecule has 1 N–H and O–H groups in total. The molecule has 0 amide bonds. The van der Waals surface area contributed by atoms with Crippen LogP contribution in [0.3, 0.4) is 0 Å². The number of oxazole rings is 1. The highest BCUT2D eigenvalue weighted by Gasteiger charge is 2.27. The van der Waals surface area contributed by atoms with Crippen LogP contribution in [0.5, 0.6) is 0 Å². The minimum Gasteiger partial charge on any atom is -0.440 e. The molecular weight excluding hydrogens is 303 g/mol. The highest BCUT2D eigenvalue weighted by Crippen LogP contribution is 2.35. The van der Waals surface area contributed by atoms with Crippen LogP contribution in [0.15, 0.2) is 47.4 Å². The second-order valence-corrected chi connectivity index (χ2v) is 6.20. The van der Waals surface area contributed by atoms with Crippen LogP contribution >= 0.6 is 0 Å². The van der Waals surface area contributed by atoms with Crippen molar-refractivity contribution in [3.63, 3.8) is 0 Å². The third-order valence-electron chi connectivity index (χ3n) is 4.69. The maximum Gasteiger partial charge on any atom is 0.242 e. The van der Waals surface area contributed by atoms with Crippen LogP contribution in [0.25, 0.3) is 11.8 Å². The lowest BCUT2D eigenvalue weighted by Gasteiger charge is -2.22. The molecule has 1 aliphatic heterocycles. The molecule has 0 spiro atoms. The predicted octanol–water partition coefficient (Wildman–Crippen LogP) is 4.23. The molecule has 1 aromatic carbocycles. The van der Waals surface area contributed by atoms with E-state index in [1.54, 1.807) is 12.1 Å². The number of hydrogen-bond acceptors (Lipinski definition) is 3. The first kappa shape index (κ1) is 14.9. The molecule has 1 aliphatic carbocycles. The third kappa shape index (κ3) is 2.68. The zero-order chi connectivity index (χ0) is 16.5. The van der Waals surface area contributed by atoms with Gasteiger partial charge in [-0.05, 0) is 41.7 Å². The summed E-state index contributed by atoms with van der Waals surface area (Å²) in [6, 6.07) is 4.95. The smallest absolute Gasteiger partial charge is 0.242 e. The van der Waals surface area contributed by atoms with Gasteiger partial charge in [0.15, 0.2) is 0 Å². The second kappa shape index (κ2) is 6.11. The molecular formula is C20H19FN2O. The number of nitrogens with zero attached hydrogens (tertiary/aromatic N) is 1. The van der Waals surface area contributed by atoms with E-state index in [4.69, 9.17) is 9.40 Å². The summed E-state index contributed by atoms with van der Waals surface area (Å²) < 4.78 is 19.4. The van der Waals surface area contributed by atoms with Gasteiger partial charge in [-0.15, -0.1) is 0 Å². The fourth-order valence-electron chi connectivity index (χ4n) is 3.46. The Bertz CT molecular complexity index is 847. The lowest BCUT2D eigenvalue weighted by molar-refractivity contribution is 0.448. The number of hydrogen-bond donors (Lipinski definition) is 1. The summed E-state index contributed by atoms with van der Waals surface area (Å²) in [5.74, 6) is 1.73. The van der Waals surface area contributed by atoms with Gasteiger partial charge < -0.3 is 9.73 Å². The summed E-state index contributed by atoms with van der Waals surface area (Å²) in [6.07, 6.45) is 10.4. The van der Waals surface area contributed by atoms with Crippen molar-refractivity contribution in [1.29, 1.82) is 0 Å². The van der Waals surface area contributed by atoms with Gasteiger partial charge in [0.1, 0.15) is 11.6 Å². The highest BCUT2D eigenvalue weighted by molar-refractivity contribution is 5.60. The van der Waals surface area contributed by atoms with Gasteiger partial charge in [0.25, 0.3) is 0 Å². The molecule has 0 radical (unpaired) electrons. The van der Waals surface area contributed by atoms with E-state index in [9.17, 15) is 4.39 Å². The van der Waals surface area contributed by atoms with E-state index < -0.39 is 0 Å². The molecule has 4 rings (SSSR count). The van der Waals surface area contributed by atoms with E-state index in [1.165, 1.54) is 6.07 Å². The minimum atomic E-state index is -0.225. The summed E-state index contributed by atoms with van der Waals surface area (Å²) >= 11 is 0. The molecule has 122 valence electrons. The standard InChI is InChI=1S/C20H19FN2O/c1-2-13-11-15(21)7-8-16(13)14-6-9-19-18(12-14)23-20(24-19)17-5-3-4-10-22-17/h2-5,7-8,11,14,22H,1,6,9-10,12H2/t14-/m0/s1. The maximum absolute atomic E-state index is 13.5. The van der Waals surface area contributed by atoms with Crippen molar-refractivity contribution >= 4 is 11.8 Å². The van der Waals surface area contributed by atoms with Gasteiger partial charge in [-0.1, -0.05) is 30.9 Å². The molecule has 2 heterocycles. The average Bonchev–Trinajstić information content (AvgIpc) is 3.05. The summed E-state index contributed by atoms with van der Waals surface area (Å²) in [6.45, 7) is 4.61. The van der Waals surface area contributed by atoms with Crippen molar-refractivity contribution in [1.82, 2.24) is 10.3 Å². The van der Waals surface area contributed by atoms with Crippen molar-refractivity contribution in [3.05, 3.63) is 77.3 Å². The number of halogens is 1. The third-order valence-corrected chi connectivity index (χ3v) is 4.69. The lowest BCUT2D eigenvalue weighted by atomic mass is 9.82. The SMILES string of the molecule is C=Cc1cc(F)ccc1[C@H]1CCc2oc(C3=CC=CCN3)nc2C1. The number of benzene rings is 1. The van der Waals surface area contributed by atoms with Crippen LogP contribution < -0.4 is 5.32 Å². The van der Waals surface area contributed by atoms with Gasteiger partial charge in [-0.2, -0.15) is 0 Å². The van der Waals surface area contributed by atoms with Crippen LogP contribution in [0.4, 0.5) is 4.39 Å². The normalized spacial score (nSPS) is 19.4. The van der Waals surface area contributed by atoms with E-state index >= 15 is 0 Å². The van der Waals surface area contributed by atoms with Gasteiger partial charge in [-0.25, -0.2) is 9.37 Å². The fourth-order valence-corrected chi connectivity index (χ4v) is 3.46.